The summed E-state index contributed by atoms with van der Waals surface area (Å²) in [4.78, 5) is 11.1. The molecular weight excluding hydrogens is 216 g/mol. The quantitative estimate of drug-likeness (QED) is 0.810. The minimum absolute atomic E-state index is 0.0376. The fourth-order valence-electron chi connectivity index (χ4n) is 1.37. The molecule has 4 heteroatoms. The van der Waals surface area contributed by atoms with Crippen LogP contribution in [0, 0.1) is 0 Å². The van der Waals surface area contributed by atoms with Gasteiger partial charge in [-0.05, 0) is 17.5 Å². The summed E-state index contributed by atoms with van der Waals surface area (Å²) in [6, 6.07) is 5.09. The number of ether oxygens (including phenoxy) is 1. The standard InChI is InChI=1S/C11H13ClO3/c1-7(6-10(13)15-2)8-4-3-5-9(12)11(8)14/h3-5,7,14H,6H2,1-2H3. The molecule has 0 aliphatic carbocycles. The molecule has 0 radical (unpaired) electrons. The van der Waals surface area contributed by atoms with E-state index in [0.29, 0.717) is 10.6 Å². The van der Waals surface area contributed by atoms with E-state index in [0.717, 1.165) is 0 Å². The molecule has 1 atom stereocenters. The molecule has 0 saturated heterocycles. The van der Waals surface area contributed by atoms with Crippen molar-refractivity contribution in [3.63, 3.8) is 0 Å². The van der Waals surface area contributed by atoms with E-state index in [2.05, 4.69) is 4.74 Å². The number of halogens is 1. The largest absolute Gasteiger partial charge is 0.506 e. The van der Waals surface area contributed by atoms with Crippen LogP contribution in [0.1, 0.15) is 24.8 Å². The van der Waals surface area contributed by atoms with Gasteiger partial charge in [0, 0.05) is 0 Å². The molecule has 0 aliphatic rings. The highest BCUT2D eigenvalue weighted by Gasteiger charge is 2.16. The molecule has 0 aromatic heterocycles. The Bertz CT molecular complexity index is 363. The van der Waals surface area contributed by atoms with Crippen LogP contribution in [-0.2, 0) is 9.53 Å². The Hall–Kier alpha value is -1.22. The second-order valence-electron chi connectivity index (χ2n) is 3.36. The van der Waals surface area contributed by atoms with Crippen LogP contribution >= 0.6 is 11.6 Å². The maximum absolute atomic E-state index is 11.1. The first-order valence-corrected chi connectivity index (χ1v) is 4.98. The third-order valence-electron chi connectivity index (χ3n) is 2.25. The Morgan fingerprint density at radius 1 is 1.60 bits per heavy atom. The van der Waals surface area contributed by atoms with Gasteiger partial charge in [-0.25, -0.2) is 0 Å². The van der Waals surface area contributed by atoms with Gasteiger partial charge in [-0.1, -0.05) is 30.7 Å². The molecule has 1 aromatic carbocycles. The maximum Gasteiger partial charge on any atom is 0.306 e. The fraction of sp³-hybridized carbons (Fsp3) is 0.364. The number of para-hydroxylation sites is 1. The minimum Gasteiger partial charge on any atom is -0.506 e. The summed E-state index contributed by atoms with van der Waals surface area (Å²) in [5, 5.41) is 9.97. The Kier molecular flexibility index (Phi) is 3.97. The first kappa shape index (κ1) is 11.9. The predicted octanol–water partition coefficient (Wildman–Crippen LogP) is 2.71. The lowest BCUT2D eigenvalue weighted by atomic mass is 9.97. The number of methoxy groups -OCH3 is 1. The van der Waals surface area contributed by atoms with Crippen molar-refractivity contribution >= 4 is 17.6 Å². The van der Waals surface area contributed by atoms with Crippen molar-refractivity contribution in [3.8, 4) is 5.75 Å². The minimum atomic E-state index is -0.304. The second-order valence-corrected chi connectivity index (χ2v) is 3.77. The monoisotopic (exact) mass is 228 g/mol. The van der Waals surface area contributed by atoms with Crippen LogP contribution < -0.4 is 0 Å². The van der Waals surface area contributed by atoms with Crippen LogP contribution in [0.5, 0.6) is 5.75 Å². The van der Waals surface area contributed by atoms with Crippen molar-refractivity contribution in [1.82, 2.24) is 0 Å². The lowest BCUT2D eigenvalue weighted by Gasteiger charge is -2.12. The number of esters is 1. The molecular formula is C11H13ClO3. The van der Waals surface area contributed by atoms with Gasteiger partial charge in [0.25, 0.3) is 0 Å². The summed E-state index contributed by atoms with van der Waals surface area (Å²) in [6.07, 6.45) is 0.227. The zero-order chi connectivity index (χ0) is 11.4. The van der Waals surface area contributed by atoms with Gasteiger partial charge in [0.1, 0.15) is 5.75 Å². The Morgan fingerprint density at radius 3 is 2.87 bits per heavy atom. The molecule has 82 valence electrons. The van der Waals surface area contributed by atoms with Crippen LogP contribution in [0.3, 0.4) is 0 Å². The van der Waals surface area contributed by atoms with Crippen LogP contribution in [0.4, 0.5) is 0 Å². The molecule has 0 spiro atoms. The molecule has 15 heavy (non-hydrogen) atoms. The van der Waals surface area contributed by atoms with Crippen molar-refractivity contribution in [2.75, 3.05) is 7.11 Å². The van der Waals surface area contributed by atoms with Crippen LogP contribution in [0.2, 0.25) is 5.02 Å². The lowest BCUT2D eigenvalue weighted by molar-refractivity contribution is -0.140. The highest BCUT2D eigenvalue weighted by molar-refractivity contribution is 6.32. The van der Waals surface area contributed by atoms with E-state index in [4.69, 9.17) is 11.6 Å². The molecule has 1 aromatic rings. The number of carbonyl (C=O) groups excluding carboxylic acids is 1. The molecule has 0 saturated carbocycles. The predicted molar refractivity (Wildman–Crippen MR) is 58.2 cm³/mol. The fourth-order valence-corrected chi connectivity index (χ4v) is 1.55. The van der Waals surface area contributed by atoms with Gasteiger partial charge in [-0.3, -0.25) is 4.79 Å². The molecule has 0 aliphatic heterocycles. The third-order valence-corrected chi connectivity index (χ3v) is 2.55. The van der Waals surface area contributed by atoms with Crippen molar-refractivity contribution in [2.45, 2.75) is 19.3 Å². The maximum atomic E-state index is 11.1. The highest BCUT2D eigenvalue weighted by atomic mass is 35.5. The van der Waals surface area contributed by atoms with E-state index in [-0.39, 0.29) is 24.1 Å². The Balaban J connectivity index is 2.86. The Labute approximate surface area is 93.6 Å². The van der Waals surface area contributed by atoms with Gasteiger partial charge in [0.15, 0.2) is 0 Å². The van der Waals surface area contributed by atoms with Crippen molar-refractivity contribution in [2.24, 2.45) is 0 Å². The van der Waals surface area contributed by atoms with E-state index < -0.39 is 0 Å². The first-order chi connectivity index (χ1) is 7.06. The third kappa shape index (κ3) is 2.86. The molecule has 0 heterocycles. The van der Waals surface area contributed by atoms with E-state index in [1.165, 1.54) is 7.11 Å². The topological polar surface area (TPSA) is 46.5 Å². The van der Waals surface area contributed by atoms with E-state index in [1.807, 2.05) is 6.92 Å². The summed E-state index contributed by atoms with van der Waals surface area (Å²) in [6.45, 7) is 1.84. The summed E-state index contributed by atoms with van der Waals surface area (Å²) in [7, 11) is 1.34. The lowest BCUT2D eigenvalue weighted by Crippen LogP contribution is -2.06. The SMILES string of the molecule is COC(=O)CC(C)c1cccc(Cl)c1O. The average molecular weight is 229 g/mol. The van der Waals surface area contributed by atoms with E-state index >= 15 is 0 Å². The van der Waals surface area contributed by atoms with Crippen LogP contribution in [-0.4, -0.2) is 18.2 Å². The molecule has 1 unspecified atom stereocenters. The number of carbonyl (C=O) groups is 1. The van der Waals surface area contributed by atoms with Crippen molar-refractivity contribution in [1.29, 1.82) is 0 Å². The van der Waals surface area contributed by atoms with Crippen molar-refractivity contribution < 1.29 is 14.6 Å². The number of hydrogen-bond donors (Lipinski definition) is 1. The number of aromatic hydroxyl groups is 1. The first-order valence-electron chi connectivity index (χ1n) is 4.60. The molecule has 0 amide bonds. The highest BCUT2D eigenvalue weighted by Crippen LogP contribution is 2.33. The van der Waals surface area contributed by atoms with Gasteiger partial charge in [0.05, 0.1) is 18.6 Å². The van der Waals surface area contributed by atoms with E-state index in [1.54, 1.807) is 18.2 Å². The summed E-state index contributed by atoms with van der Waals surface area (Å²) in [5.41, 5.74) is 0.660. The molecule has 3 nitrogen and oxygen atoms in total. The number of hydrogen-bond acceptors (Lipinski definition) is 3. The Morgan fingerprint density at radius 2 is 2.27 bits per heavy atom. The van der Waals surface area contributed by atoms with Crippen molar-refractivity contribution in [3.05, 3.63) is 28.8 Å². The van der Waals surface area contributed by atoms with Gasteiger partial charge < -0.3 is 9.84 Å². The normalized spacial score (nSPS) is 12.2. The van der Waals surface area contributed by atoms with E-state index in [9.17, 15) is 9.90 Å². The molecule has 1 rings (SSSR count). The molecule has 0 bridgehead atoms. The number of phenolic OH excluding ortho intramolecular Hbond substituents is 1. The van der Waals surface area contributed by atoms with Gasteiger partial charge in [-0.2, -0.15) is 0 Å². The second kappa shape index (κ2) is 5.03. The van der Waals surface area contributed by atoms with Gasteiger partial charge in [0.2, 0.25) is 0 Å². The van der Waals surface area contributed by atoms with Gasteiger partial charge in [-0.15, -0.1) is 0 Å². The summed E-state index contributed by atoms with van der Waals surface area (Å²) < 4.78 is 4.56. The van der Waals surface area contributed by atoms with Gasteiger partial charge >= 0.3 is 5.97 Å². The number of rotatable bonds is 3. The molecule has 1 N–H and O–H groups in total. The van der Waals surface area contributed by atoms with Crippen LogP contribution in [0.25, 0.3) is 0 Å². The summed E-state index contributed by atoms with van der Waals surface area (Å²) >= 11 is 5.76. The zero-order valence-electron chi connectivity index (χ0n) is 8.66. The number of benzene rings is 1. The zero-order valence-corrected chi connectivity index (χ0v) is 9.41. The smallest absolute Gasteiger partial charge is 0.306 e. The average Bonchev–Trinajstić information content (AvgIpc) is 2.21. The molecule has 0 fully saturated rings. The van der Waals surface area contributed by atoms with Crippen LogP contribution in [0.15, 0.2) is 18.2 Å². The number of phenols is 1. The summed E-state index contributed by atoms with van der Waals surface area (Å²) in [5.74, 6) is -0.381.